The molecule has 25 heavy (non-hydrogen) atoms. The van der Waals surface area contributed by atoms with Crippen LogP contribution in [0.2, 0.25) is 0 Å². The average molecular weight is 384 g/mol. The lowest BCUT2D eigenvalue weighted by atomic mass is 9.95. The van der Waals surface area contributed by atoms with Gasteiger partial charge in [-0.2, -0.15) is 0 Å². The summed E-state index contributed by atoms with van der Waals surface area (Å²) in [6.45, 7) is 3.30. The number of carbonyl (C=O) groups excluding carboxylic acids is 2. The standard InChI is InChI=1S/C15H20N4O4S2/c1-5-6-7-8-9(20)16-13(24)19(10(8)21)15(2)11(22)17(3)14(25)18(4)12(15)23/h21H,5-7H2,1-4H3,(H,16,20,24). The van der Waals surface area contributed by atoms with Crippen molar-refractivity contribution in [2.75, 3.05) is 14.1 Å². The molecule has 1 aromatic heterocycles. The number of nitrogens with zero attached hydrogens (tertiary/aromatic N) is 3. The van der Waals surface area contributed by atoms with E-state index < -0.39 is 28.8 Å². The molecule has 136 valence electrons. The van der Waals surface area contributed by atoms with Crippen LogP contribution in [0.3, 0.4) is 0 Å². The number of carbonyl (C=O) groups is 2. The molecule has 1 aromatic rings. The fourth-order valence-electron chi connectivity index (χ4n) is 2.89. The Labute approximate surface area is 155 Å². The summed E-state index contributed by atoms with van der Waals surface area (Å²) < 4.78 is 0.801. The number of H-pyrrole nitrogens is 1. The Morgan fingerprint density at radius 3 is 2.12 bits per heavy atom. The highest BCUT2D eigenvalue weighted by atomic mass is 32.1. The maximum absolute atomic E-state index is 12.8. The number of likely N-dealkylation sites (N-methyl/N-ethyl adjacent to an activating group) is 2. The number of rotatable bonds is 4. The molecule has 1 aliphatic heterocycles. The lowest BCUT2D eigenvalue weighted by molar-refractivity contribution is -0.152. The van der Waals surface area contributed by atoms with Gasteiger partial charge in [0.2, 0.25) is 11.4 Å². The molecule has 1 fully saturated rings. The van der Waals surface area contributed by atoms with Crippen LogP contribution in [0.4, 0.5) is 0 Å². The van der Waals surface area contributed by atoms with Gasteiger partial charge in [0, 0.05) is 14.1 Å². The molecule has 0 spiro atoms. The lowest BCUT2D eigenvalue weighted by Gasteiger charge is -2.42. The summed E-state index contributed by atoms with van der Waals surface area (Å²) in [4.78, 5) is 42.6. The van der Waals surface area contributed by atoms with E-state index in [1.807, 2.05) is 6.92 Å². The van der Waals surface area contributed by atoms with E-state index in [1.165, 1.54) is 21.0 Å². The molecule has 10 heteroatoms. The second kappa shape index (κ2) is 6.68. The molecule has 2 rings (SSSR count). The lowest BCUT2D eigenvalue weighted by Crippen LogP contribution is -2.66. The number of aromatic nitrogens is 2. The number of hydrogen-bond donors (Lipinski definition) is 2. The van der Waals surface area contributed by atoms with Crippen LogP contribution in [0.25, 0.3) is 0 Å². The van der Waals surface area contributed by atoms with Crippen molar-refractivity contribution in [3.8, 4) is 5.88 Å². The van der Waals surface area contributed by atoms with Gasteiger partial charge in [-0.1, -0.05) is 13.3 Å². The summed E-state index contributed by atoms with van der Waals surface area (Å²) in [7, 11) is 2.88. The highest BCUT2D eigenvalue weighted by molar-refractivity contribution is 7.80. The first kappa shape index (κ1) is 19.3. The summed E-state index contributed by atoms with van der Waals surface area (Å²) in [6, 6.07) is 0. The van der Waals surface area contributed by atoms with Crippen LogP contribution < -0.4 is 5.56 Å². The second-order valence-corrected chi connectivity index (χ2v) is 6.84. The molecule has 0 radical (unpaired) electrons. The minimum absolute atomic E-state index is 0.0501. The molecule has 0 atom stereocenters. The Balaban J connectivity index is 2.77. The predicted molar refractivity (Wildman–Crippen MR) is 97.9 cm³/mol. The molecule has 2 amide bonds. The molecule has 0 saturated carbocycles. The SMILES string of the molecule is CCCCc1c(O)n(C2(C)C(=O)N(C)C(=S)N(C)C2=O)c(=S)[nH]c1=O. The number of aromatic amines is 1. The van der Waals surface area contributed by atoms with Gasteiger partial charge in [-0.25, -0.2) is 0 Å². The van der Waals surface area contributed by atoms with Gasteiger partial charge < -0.3 is 5.11 Å². The van der Waals surface area contributed by atoms with E-state index in [2.05, 4.69) is 4.98 Å². The van der Waals surface area contributed by atoms with E-state index in [1.54, 1.807) is 0 Å². The number of thiocarbonyl (C=S) groups is 1. The molecule has 1 aliphatic rings. The highest BCUT2D eigenvalue weighted by Crippen LogP contribution is 2.32. The normalized spacial score (nSPS) is 17.4. The third kappa shape index (κ3) is 2.78. The summed E-state index contributed by atoms with van der Waals surface area (Å²) in [6.07, 6.45) is 1.77. The first-order valence-electron chi connectivity index (χ1n) is 7.76. The van der Waals surface area contributed by atoms with Gasteiger partial charge in [0.1, 0.15) is 0 Å². The number of unbranched alkanes of at least 4 members (excludes halogenated alkanes) is 1. The van der Waals surface area contributed by atoms with Crippen LogP contribution in [-0.4, -0.2) is 55.5 Å². The van der Waals surface area contributed by atoms with E-state index in [0.717, 1.165) is 20.8 Å². The Kier molecular flexibility index (Phi) is 5.14. The van der Waals surface area contributed by atoms with Crippen LogP contribution in [0.15, 0.2) is 4.79 Å². The fourth-order valence-corrected chi connectivity index (χ4v) is 3.42. The van der Waals surface area contributed by atoms with E-state index in [0.29, 0.717) is 12.8 Å². The van der Waals surface area contributed by atoms with Gasteiger partial charge in [-0.3, -0.25) is 33.7 Å². The third-order valence-corrected chi connectivity index (χ3v) is 5.26. The third-order valence-electron chi connectivity index (χ3n) is 4.42. The Morgan fingerprint density at radius 2 is 1.64 bits per heavy atom. The molecule has 8 nitrogen and oxygen atoms in total. The van der Waals surface area contributed by atoms with Gasteiger partial charge in [0.05, 0.1) is 5.56 Å². The van der Waals surface area contributed by atoms with Crippen molar-refractivity contribution < 1.29 is 14.7 Å². The molecular formula is C15H20N4O4S2. The van der Waals surface area contributed by atoms with Crippen molar-refractivity contribution >= 4 is 41.4 Å². The van der Waals surface area contributed by atoms with Gasteiger partial charge >= 0.3 is 0 Å². The summed E-state index contributed by atoms with van der Waals surface area (Å²) in [5, 5.41) is 10.7. The molecule has 0 bridgehead atoms. The number of aromatic hydroxyl groups is 1. The predicted octanol–water partition coefficient (Wildman–Crippen LogP) is 0.885. The zero-order valence-corrected chi connectivity index (χ0v) is 16.1. The molecular weight excluding hydrogens is 364 g/mol. The Hall–Kier alpha value is -2.07. The molecule has 2 N–H and O–H groups in total. The maximum Gasteiger partial charge on any atom is 0.264 e. The van der Waals surface area contributed by atoms with Crippen molar-refractivity contribution in [2.45, 2.75) is 38.6 Å². The van der Waals surface area contributed by atoms with E-state index >= 15 is 0 Å². The maximum atomic E-state index is 12.8. The Morgan fingerprint density at radius 1 is 1.12 bits per heavy atom. The monoisotopic (exact) mass is 384 g/mol. The molecule has 1 saturated heterocycles. The summed E-state index contributed by atoms with van der Waals surface area (Å²) in [5.74, 6) is -1.75. The molecule has 0 aromatic carbocycles. The highest BCUT2D eigenvalue weighted by Gasteiger charge is 2.53. The van der Waals surface area contributed by atoms with Gasteiger partial charge in [0.15, 0.2) is 9.88 Å². The van der Waals surface area contributed by atoms with Gasteiger partial charge in [-0.15, -0.1) is 0 Å². The van der Waals surface area contributed by atoms with E-state index in [4.69, 9.17) is 24.4 Å². The van der Waals surface area contributed by atoms with Crippen LogP contribution in [0, 0.1) is 4.77 Å². The Bertz CT molecular complexity index is 849. The minimum atomic E-state index is -1.85. The fraction of sp³-hybridized carbons (Fsp3) is 0.533. The van der Waals surface area contributed by atoms with Crippen molar-refractivity contribution in [2.24, 2.45) is 0 Å². The first-order valence-corrected chi connectivity index (χ1v) is 8.58. The smallest absolute Gasteiger partial charge is 0.264 e. The molecule has 0 aliphatic carbocycles. The number of hydrogen-bond acceptors (Lipinski definition) is 6. The molecule has 0 unspecified atom stereocenters. The second-order valence-electron chi connectivity index (χ2n) is 6.08. The van der Waals surface area contributed by atoms with Crippen LogP contribution in [0.5, 0.6) is 5.88 Å². The number of amides is 2. The zero-order valence-electron chi connectivity index (χ0n) is 14.5. The summed E-state index contributed by atoms with van der Waals surface area (Å²) >= 11 is 10.2. The summed E-state index contributed by atoms with van der Waals surface area (Å²) in [5.41, 5.74) is -2.28. The van der Waals surface area contributed by atoms with Crippen molar-refractivity contribution in [1.82, 2.24) is 19.4 Å². The molecule has 2 heterocycles. The van der Waals surface area contributed by atoms with Crippen molar-refractivity contribution in [1.29, 1.82) is 0 Å². The average Bonchev–Trinajstić information content (AvgIpc) is 2.56. The van der Waals surface area contributed by atoms with Crippen LogP contribution >= 0.6 is 24.4 Å². The van der Waals surface area contributed by atoms with Crippen LogP contribution in [-0.2, 0) is 21.5 Å². The van der Waals surface area contributed by atoms with E-state index in [9.17, 15) is 19.5 Å². The van der Waals surface area contributed by atoms with Crippen LogP contribution in [0.1, 0.15) is 32.3 Å². The topological polar surface area (TPSA) is 98.6 Å². The largest absolute Gasteiger partial charge is 0.494 e. The quantitative estimate of drug-likeness (QED) is 0.591. The van der Waals surface area contributed by atoms with Gasteiger partial charge in [0.25, 0.3) is 17.4 Å². The van der Waals surface area contributed by atoms with Crippen molar-refractivity contribution in [3.05, 3.63) is 20.7 Å². The minimum Gasteiger partial charge on any atom is -0.494 e. The van der Waals surface area contributed by atoms with Gasteiger partial charge in [-0.05, 0) is 44.2 Å². The van der Waals surface area contributed by atoms with E-state index in [-0.39, 0.29) is 15.4 Å². The first-order chi connectivity index (χ1) is 11.6. The van der Waals surface area contributed by atoms with Crippen molar-refractivity contribution in [3.63, 3.8) is 0 Å². The zero-order chi connectivity index (χ0) is 19.1. The number of nitrogens with one attached hydrogen (secondary N) is 1.